The fourth-order valence-corrected chi connectivity index (χ4v) is 2.19. The third kappa shape index (κ3) is 1.83. The van der Waals surface area contributed by atoms with E-state index in [0.717, 1.165) is 16.8 Å². The molecule has 0 aliphatic heterocycles. The Morgan fingerprint density at radius 2 is 1.95 bits per heavy atom. The predicted octanol–water partition coefficient (Wildman–Crippen LogP) is 1.96. The highest BCUT2D eigenvalue weighted by molar-refractivity contribution is 5.56. The van der Waals surface area contributed by atoms with E-state index in [0.29, 0.717) is 18.0 Å². The van der Waals surface area contributed by atoms with E-state index in [1.165, 1.54) is 4.52 Å². The SMILES string of the molecule is CCc1c(C)nc2nc(-c3ccccc3)[nH]n2c1=O. The lowest BCUT2D eigenvalue weighted by molar-refractivity contribution is 0.854. The molecule has 0 atom stereocenters. The number of rotatable bonds is 2. The van der Waals surface area contributed by atoms with Crippen molar-refractivity contribution >= 4 is 5.78 Å². The van der Waals surface area contributed by atoms with Crippen LogP contribution in [0.15, 0.2) is 35.1 Å². The van der Waals surface area contributed by atoms with Gasteiger partial charge in [-0.1, -0.05) is 37.3 Å². The Labute approximate surface area is 109 Å². The third-order valence-electron chi connectivity index (χ3n) is 3.20. The van der Waals surface area contributed by atoms with Crippen molar-refractivity contribution in [2.75, 3.05) is 0 Å². The number of hydrogen-bond donors (Lipinski definition) is 1. The molecule has 19 heavy (non-hydrogen) atoms. The summed E-state index contributed by atoms with van der Waals surface area (Å²) in [7, 11) is 0. The molecule has 0 aliphatic rings. The standard InChI is InChI=1S/C14H14N4O/c1-3-11-9(2)15-14-16-12(17-18(14)13(11)19)10-7-5-4-6-8-10/h4-8H,3H2,1-2H3,(H,15,16,17). The number of benzene rings is 1. The third-order valence-corrected chi connectivity index (χ3v) is 3.20. The van der Waals surface area contributed by atoms with Crippen LogP contribution in [0.3, 0.4) is 0 Å². The molecule has 2 aromatic heterocycles. The number of hydrogen-bond acceptors (Lipinski definition) is 3. The number of aryl methyl sites for hydroxylation is 1. The van der Waals surface area contributed by atoms with Gasteiger partial charge in [-0.15, -0.1) is 0 Å². The van der Waals surface area contributed by atoms with Gasteiger partial charge in [0.05, 0.1) is 5.69 Å². The summed E-state index contributed by atoms with van der Waals surface area (Å²) in [6.07, 6.45) is 0.667. The molecule has 0 fully saturated rings. The number of fused-ring (bicyclic) bond motifs is 1. The Morgan fingerprint density at radius 1 is 1.21 bits per heavy atom. The van der Waals surface area contributed by atoms with Crippen molar-refractivity contribution in [3.8, 4) is 11.4 Å². The zero-order valence-corrected chi connectivity index (χ0v) is 10.8. The molecule has 0 saturated heterocycles. The summed E-state index contributed by atoms with van der Waals surface area (Å²) in [5, 5.41) is 3.01. The van der Waals surface area contributed by atoms with Crippen LogP contribution in [0.4, 0.5) is 0 Å². The van der Waals surface area contributed by atoms with Crippen molar-refractivity contribution in [2.24, 2.45) is 0 Å². The van der Waals surface area contributed by atoms with Crippen LogP contribution in [0.2, 0.25) is 0 Å². The first kappa shape index (κ1) is 11.6. The van der Waals surface area contributed by atoms with Crippen molar-refractivity contribution in [1.29, 1.82) is 0 Å². The van der Waals surface area contributed by atoms with Crippen LogP contribution in [0.5, 0.6) is 0 Å². The van der Waals surface area contributed by atoms with E-state index in [1.54, 1.807) is 0 Å². The molecule has 0 amide bonds. The van der Waals surface area contributed by atoms with Gasteiger partial charge in [0.2, 0.25) is 0 Å². The molecule has 0 aliphatic carbocycles. The molecule has 0 spiro atoms. The molecule has 5 heteroatoms. The van der Waals surface area contributed by atoms with Gasteiger partial charge >= 0.3 is 0 Å². The fraction of sp³-hybridized carbons (Fsp3) is 0.214. The largest absolute Gasteiger partial charge is 0.277 e. The fourth-order valence-electron chi connectivity index (χ4n) is 2.19. The van der Waals surface area contributed by atoms with Crippen LogP contribution in [0.25, 0.3) is 17.2 Å². The normalized spacial score (nSPS) is 11.1. The van der Waals surface area contributed by atoms with E-state index >= 15 is 0 Å². The zero-order valence-electron chi connectivity index (χ0n) is 10.8. The first-order valence-electron chi connectivity index (χ1n) is 6.24. The van der Waals surface area contributed by atoms with Gasteiger partial charge in [0.25, 0.3) is 11.3 Å². The van der Waals surface area contributed by atoms with Crippen LogP contribution in [-0.2, 0) is 6.42 Å². The molecular weight excluding hydrogens is 240 g/mol. The van der Waals surface area contributed by atoms with Crippen molar-refractivity contribution in [3.05, 3.63) is 51.9 Å². The minimum Gasteiger partial charge on any atom is -0.271 e. The van der Waals surface area contributed by atoms with Gasteiger partial charge in [-0.05, 0) is 13.3 Å². The van der Waals surface area contributed by atoms with Gasteiger partial charge in [0, 0.05) is 11.1 Å². The maximum atomic E-state index is 12.3. The number of nitrogens with zero attached hydrogens (tertiary/aromatic N) is 3. The van der Waals surface area contributed by atoms with Gasteiger partial charge in [0.1, 0.15) is 0 Å². The van der Waals surface area contributed by atoms with Crippen LogP contribution in [0, 0.1) is 6.92 Å². The second kappa shape index (κ2) is 4.35. The molecule has 1 aromatic carbocycles. The lowest BCUT2D eigenvalue weighted by Gasteiger charge is -2.00. The Kier molecular flexibility index (Phi) is 2.67. The highest BCUT2D eigenvalue weighted by atomic mass is 16.1. The summed E-state index contributed by atoms with van der Waals surface area (Å²) in [6.45, 7) is 3.80. The van der Waals surface area contributed by atoms with E-state index in [1.807, 2.05) is 44.2 Å². The van der Waals surface area contributed by atoms with Gasteiger partial charge < -0.3 is 0 Å². The van der Waals surface area contributed by atoms with Crippen molar-refractivity contribution in [1.82, 2.24) is 19.6 Å². The van der Waals surface area contributed by atoms with E-state index in [2.05, 4.69) is 15.1 Å². The van der Waals surface area contributed by atoms with Crippen LogP contribution < -0.4 is 5.56 Å². The maximum Gasteiger partial charge on any atom is 0.277 e. The lowest BCUT2D eigenvalue weighted by Crippen LogP contribution is -2.21. The molecule has 0 bridgehead atoms. The predicted molar refractivity (Wildman–Crippen MR) is 73.2 cm³/mol. The minimum absolute atomic E-state index is 0.0697. The lowest BCUT2D eigenvalue weighted by atomic mass is 10.2. The van der Waals surface area contributed by atoms with Crippen molar-refractivity contribution in [3.63, 3.8) is 0 Å². The van der Waals surface area contributed by atoms with E-state index in [4.69, 9.17) is 0 Å². The summed E-state index contributed by atoms with van der Waals surface area (Å²) in [5.41, 5.74) is 2.34. The Bertz CT molecular complexity index is 786. The topological polar surface area (TPSA) is 63.1 Å². The highest BCUT2D eigenvalue weighted by Gasteiger charge is 2.12. The average molecular weight is 254 g/mol. The molecule has 0 saturated carbocycles. The second-order valence-electron chi connectivity index (χ2n) is 4.41. The highest BCUT2D eigenvalue weighted by Crippen LogP contribution is 2.14. The second-order valence-corrected chi connectivity index (χ2v) is 4.41. The summed E-state index contributed by atoms with van der Waals surface area (Å²) in [4.78, 5) is 21.0. The smallest absolute Gasteiger partial charge is 0.271 e. The van der Waals surface area contributed by atoms with Gasteiger partial charge in [0.15, 0.2) is 5.82 Å². The summed E-state index contributed by atoms with van der Waals surface area (Å²) >= 11 is 0. The number of aromatic amines is 1. The molecule has 0 radical (unpaired) electrons. The van der Waals surface area contributed by atoms with E-state index in [-0.39, 0.29) is 5.56 Å². The monoisotopic (exact) mass is 254 g/mol. The maximum absolute atomic E-state index is 12.3. The molecule has 0 unspecified atom stereocenters. The Hall–Kier alpha value is -2.43. The van der Waals surface area contributed by atoms with E-state index in [9.17, 15) is 4.79 Å². The van der Waals surface area contributed by atoms with Gasteiger partial charge in [-0.25, -0.2) is 4.98 Å². The zero-order chi connectivity index (χ0) is 13.4. The number of nitrogens with one attached hydrogen (secondary N) is 1. The molecule has 5 nitrogen and oxygen atoms in total. The van der Waals surface area contributed by atoms with Crippen LogP contribution in [-0.4, -0.2) is 19.6 Å². The van der Waals surface area contributed by atoms with Gasteiger partial charge in [-0.2, -0.15) is 9.50 Å². The van der Waals surface area contributed by atoms with Crippen molar-refractivity contribution in [2.45, 2.75) is 20.3 Å². The number of aromatic nitrogens is 4. The quantitative estimate of drug-likeness (QED) is 0.760. The molecule has 3 rings (SSSR count). The first-order chi connectivity index (χ1) is 9.20. The molecule has 96 valence electrons. The molecule has 3 aromatic rings. The molecule has 2 heterocycles. The van der Waals surface area contributed by atoms with Crippen LogP contribution >= 0.6 is 0 Å². The van der Waals surface area contributed by atoms with Crippen molar-refractivity contribution < 1.29 is 0 Å². The number of H-pyrrole nitrogens is 1. The van der Waals surface area contributed by atoms with Gasteiger partial charge in [-0.3, -0.25) is 9.89 Å². The first-order valence-corrected chi connectivity index (χ1v) is 6.24. The van der Waals surface area contributed by atoms with Crippen LogP contribution in [0.1, 0.15) is 18.2 Å². The van der Waals surface area contributed by atoms with E-state index < -0.39 is 0 Å². The Balaban J connectivity index is 2.28. The minimum atomic E-state index is -0.0697. The summed E-state index contributed by atoms with van der Waals surface area (Å²) in [6, 6.07) is 9.69. The molecule has 1 N–H and O–H groups in total. The summed E-state index contributed by atoms with van der Waals surface area (Å²) in [5.74, 6) is 1.07. The summed E-state index contributed by atoms with van der Waals surface area (Å²) < 4.78 is 1.41. The molecular formula is C14H14N4O. The Morgan fingerprint density at radius 3 is 2.63 bits per heavy atom. The average Bonchev–Trinajstić information content (AvgIpc) is 2.84.